The Morgan fingerprint density at radius 3 is 2.19 bits per heavy atom. The van der Waals surface area contributed by atoms with Crippen LogP contribution in [0, 0.1) is 0 Å². The van der Waals surface area contributed by atoms with Crippen molar-refractivity contribution in [2.75, 3.05) is 23.8 Å². The van der Waals surface area contributed by atoms with Crippen molar-refractivity contribution < 1.29 is 22.7 Å². The van der Waals surface area contributed by atoms with Crippen LogP contribution < -0.4 is 19.5 Å². The summed E-state index contributed by atoms with van der Waals surface area (Å²) in [7, 11) is -2.31. The van der Waals surface area contributed by atoms with Crippen molar-refractivity contribution in [3.05, 3.63) is 77.3 Å². The van der Waals surface area contributed by atoms with Gasteiger partial charge in [0.2, 0.25) is 0 Å². The van der Waals surface area contributed by atoms with Crippen molar-refractivity contribution in [1.29, 1.82) is 0 Å². The molecule has 162 valence electrons. The van der Waals surface area contributed by atoms with Gasteiger partial charge >= 0.3 is 0 Å². The molecule has 3 aromatic rings. The maximum Gasteiger partial charge on any atom is 0.261 e. The standard InChI is InChI=1S/C22H21ClN2O5S/c1-3-30-18-9-6-16(7-10-18)25-31(27,28)19-11-4-15(5-12-19)22(26)24-17-8-13-21(29-2)20(23)14-17/h4-14,25H,3H2,1-2H3,(H,24,26). The first-order chi connectivity index (χ1) is 14.8. The van der Waals surface area contributed by atoms with Gasteiger partial charge in [0.05, 0.1) is 23.6 Å². The van der Waals surface area contributed by atoms with Crippen molar-refractivity contribution in [3.63, 3.8) is 0 Å². The van der Waals surface area contributed by atoms with Gasteiger partial charge in [-0.15, -0.1) is 0 Å². The summed E-state index contributed by atoms with van der Waals surface area (Å²) in [5.74, 6) is 0.748. The van der Waals surface area contributed by atoms with Crippen LogP contribution in [0.1, 0.15) is 17.3 Å². The van der Waals surface area contributed by atoms with Crippen molar-refractivity contribution in [1.82, 2.24) is 0 Å². The lowest BCUT2D eigenvalue weighted by molar-refractivity contribution is 0.102. The molecule has 0 atom stereocenters. The van der Waals surface area contributed by atoms with Crippen molar-refractivity contribution >= 4 is 38.9 Å². The van der Waals surface area contributed by atoms with Crippen molar-refractivity contribution in [2.45, 2.75) is 11.8 Å². The fourth-order valence-corrected chi connectivity index (χ4v) is 4.05. The summed E-state index contributed by atoms with van der Waals surface area (Å²) in [6, 6.07) is 17.1. The molecule has 1 amide bonds. The number of rotatable bonds is 8. The minimum absolute atomic E-state index is 0.0328. The number of anilines is 2. The first-order valence-corrected chi connectivity index (χ1v) is 11.2. The fourth-order valence-electron chi connectivity index (χ4n) is 2.73. The molecule has 2 N–H and O–H groups in total. The average molecular weight is 461 g/mol. The summed E-state index contributed by atoms with van der Waals surface area (Å²) >= 11 is 6.06. The molecule has 0 saturated carbocycles. The summed E-state index contributed by atoms with van der Waals surface area (Å²) in [5, 5.41) is 3.07. The Kier molecular flexibility index (Phi) is 7.04. The zero-order valence-corrected chi connectivity index (χ0v) is 18.5. The van der Waals surface area contributed by atoms with E-state index in [0.717, 1.165) is 0 Å². The molecule has 0 aliphatic carbocycles. The number of amides is 1. The van der Waals surface area contributed by atoms with Gasteiger partial charge in [-0.1, -0.05) is 11.6 Å². The first kappa shape index (κ1) is 22.5. The minimum atomic E-state index is -3.81. The number of benzene rings is 3. The Morgan fingerprint density at radius 2 is 1.61 bits per heavy atom. The van der Waals surface area contributed by atoms with Crippen LogP contribution in [0.4, 0.5) is 11.4 Å². The topological polar surface area (TPSA) is 93.7 Å². The van der Waals surface area contributed by atoms with Gasteiger partial charge in [-0.05, 0) is 73.7 Å². The van der Waals surface area contributed by atoms with Crippen LogP contribution in [0.2, 0.25) is 5.02 Å². The van der Waals surface area contributed by atoms with Crippen LogP contribution in [0.25, 0.3) is 0 Å². The van der Waals surface area contributed by atoms with Crippen LogP contribution in [-0.2, 0) is 10.0 Å². The molecule has 0 aromatic heterocycles. The molecule has 0 radical (unpaired) electrons. The van der Waals surface area contributed by atoms with Crippen LogP contribution in [0.15, 0.2) is 71.6 Å². The number of methoxy groups -OCH3 is 1. The molecular weight excluding hydrogens is 440 g/mol. The van der Waals surface area contributed by atoms with Crippen LogP contribution in [0.3, 0.4) is 0 Å². The molecule has 7 nitrogen and oxygen atoms in total. The highest BCUT2D eigenvalue weighted by Gasteiger charge is 2.16. The minimum Gasteiger partial charge on any atom is -0.495 e. The molecule has 0 saturated heterocycles. The smallest absolute Gasteiger partial charge is 0.261 e. The molecule has 0 unspecified atom stereocenters. The number of halogens is 1. The van der Waals surface area contributed by atoms with Crippen LogP contribution >= 0.6 is 11.6 Å². The number of carbonyl (C=O) groups is 1. The van der Waals surface area contributed by atoms with E-state index in [1.54, 1.807) is 42.5 Å². The molecule has 0 aliphatic heterocycles. The van der Waals surface area contributed by atoms with Gasteiger partial charge in [-0.3, -0.25) is 9.52 Å². The van der Waals surface area contributed by atoms with Crippen LogP contribution in [-0.4, -0.2) is 28.0 Å². The Morgan fingerprint density at radius 1 is 0.968 bits per heavy atom. The highest BCUT2D eigenvalue weighted by Crippen LogP contribution is 2.27. The van der Waals surface area contributed by atoms with Gasteiger partial charge in [0, 0.05) is 16.9 Å². The molecule has 31 heavy (non-hydrogen) atoms. The second-order valence-corrected chi connectivity index (χ2v) is 8.48. The van der Waals surface area contributed by atoms with Gasteiger partial charge in [0.15, 0.2) is 0 Å². The van der Waals surface area contributed by atoms with Gasteiger partial charge in [0.1, 0.15) is 11.5 Å². The molecule has 3 aromatic carbocycles. The third-order valence-corrected chi connectivity index (χ3v) is 5.95. The maximum absolute atomic E-state index is 12.6. The predicted octanol–water partition coefficient (Wildman–Crippen LogP) is 4.80. The van der Waals surface area contributed by atoms with Crippen molar-refractivity contribution in [2.24, 2.45) is 0 Å². The summed E-state index contributed by atoms with van der Waals surface area (Å²) in [6.07, 6.45) is 0. The number of hydrogen-bond donors (Lipinski definition) is 2. The van der Waals surface area contributed by atoms with E-state index in [9.17, 15) is 13.2 Å². The van der Waals surface area contributed by atoms with E-state index in [2.05, 4.69) is 10.0 Å². The lowest BCUT2D eigenvalue weighted by atomic mass is 10.2. The van der Waals surface area contributed by atoms with E-state index >= 15 is 0 Å². The zero-order valence-electron chi connectivity index (χ0n) is 16.9. The largest absolute Gasteiger partial charge is 0.495 e. The number of ether oxygens (including phenoxy) is 2. The summed E-state index contributed by atoms with van der Waals surface area (Å²) in [5.41, 5.74) is 1.19. The summed E-state index contributed by atoms with van der Waals surface area (Å²) in [6.45, 7) is 2.39. The Balaban J connectivity index is 1.69. The zero-order chi connectivity index (χ0) is 22.4. The lowest BCUT2D eigenvalue weighted by Crippen LogP contribution is -2.15. The SMILES string of the molecule is CCOc1ccc(NS(=O)(=O)c2ccc(C(=O)Nc3ccc(OC)c(Cl)c3)cc2)cc1. The highest BCUT2D eigenvalue weighted by atomic mass is 35.5. The van der Waals surface area contributed by atoms with E-state index in [0.29, 0.717) is 40.1 Å². The molecule has 0 aliphatic rings. The second kappa shape index (κ2) is 9.72. The highest BCUT2D eigenvalue weighted by molar-refractivity contribution is 7.92. The Hall–Kier alpha value is -3.23. The number of hydrogen-bond acceptors (Lipinski definition) is 5. The second-order valence-electron chi connectivity index (χ2n) is 6.39. The fraction of sp³-hybridized carbons (Fsp3) is 0.136. The number of nitrogens with one attached hydrogen (secondary N) is 2. The van der Waals surface area contributed by atoms with Gasteiger partial charge in [-0.25, -0.2) is 8.42 Å². The van der Waals surface area contributed by atoms with E-state index in [4.69, 9.17) is 21.1 Å². The van der Waals surface area contributed by atoms with E-state index in [1.165, 1.54) is 31.4 Å². The van der Waals surface area contributed by atoms with Crippen LogP contribution in [0.5, 0.6) is 11.5 Å². The molecule has 0 bridgehead atoms. The molecule has 0 spiro atoms. The third-order valence-electron chi connectivity index (χ3n) is 4.25. The summed E-state index contributed by atoms with van der Waals surface area (Å²) < 4.78 is 38.1. The van der Waals surface area contributed by atoms with E-state index in [1.807, 2.05) is 6.92 Å². The Bertz CT molecular complexity index is 1160. The Labute approximate surface area is 186 Å². The van der Waals surface area contributed by atoms with E-state index in [-0.39, 0.29) is 4.90 Å². The monoisotopic (exact) mass is 460 g/mol. The van der Waals surface area contributed by atoms with Gasteiger partial charge in [0.25, 0.3) is 15.9 Å². The predicted molar refractivity (Wildman–Crippen MR) is 121 cm³/mol. The average Bonchev–Trinajstić information content (AvgIpc) is 2.75. The molecule has 9 heteroatoms. The molecular formula is C22H21ClN2O5S. The third kappa shape index (κ3) is 5.68. The molecule has 3 rings (SSSR count). The maximum atomic E-state index is 12.6. The molecule has 0 heterocycles. The lowest BCUT2D eigenvalue weighted by Gasteiger charge is -2.10. The first-order valence-electron chi connectivity index (χ1n) is 9.33. The quantitative estimate of drug-likeness (QED) is 0.503. The summed E-state index contributed by atoms with van der Waals surface area (Å²) in [4.78, 5) is 12.5. The van der Waals surface area contributed by atoms with Gasteiger partial charge in [-0.2, -0.15) is 0 Å². The van der Waals surface area contributed by atoms with Gasteiger partial charge < -0.3 is 14.8 Å². The number of carbonyl (C=O) groups excluding carboxylic acids is 1. The molecule has 0 fully saturated rings. The van der Waals surface area contributed by atoms with E-state index < -0.39 is 15.9 Å². The number of sulfonamides is 1. The normalized spacial score (nSPS) is 10.9. The van der Waals surface area contributed by atoms with Crippen molar-refractivity contribution in [3.8, 4) is 11.5 Å².